The van der Waals surface area contributed by atoms with Crippen molar-refractivity contribution in [1.82, 2.24) is 0 Å². The molecular formula is C27H40O2. The van der Waals surface area contributed by atoms with Crippen LogP contribution in [-0.2, 0) is 19.3 Å². The van der Waals surface area contributed by atoms with E-state index in [4.69, 9.17) is 9.47 Å². The van der Waals surface area contributed by atoms with Crippen molar-refractivity contribution in [2.24, 2.45) is 11.8 Å². The summed E-state index contributed by atoms with van der Waals surface area (Å²) >= 11 is 0. The molecule has 0 fully saturated rings. The molecule has 0 saturated carbocycles. The maximum absolute atomic E-state index is 6.57. The SMILES string of the molecule is CCOc1c(CC)c(C(C)C)c(CC(C)C)c(CC(C)C)c1Oc1ccccc1. The quantitative estimate of drug-likeness (QED) is 0.405. The van der Waals surface area contributed by atoms with Crippen molar-refractivity contribution in [1.29, 1.82) is 0 Å². The van der Waals surface area contributed by atoms with Gasteiger partial charge in [-0.2, -0.15) is 0 Å². The smallest absolute Gasteiger partial charge is 0.173 e. The molecule has 0 radical (unpaired) electrons. The first kappa shape index (κ1) is 23.3. The summed E-state index contributed by atoms with van der Waals surface area (Å²) in [5.74, 6) is 4.34. The first-order valence-corrected chi connectivity index (χ1v) is 11.4. The molecule has 0 aliphatic rings. The monoisotopic (exact) mass is 396 g/mol. The molecule has 160 valence electrons. The van der Waals surface area contributed by atoms with Crippen molar-refractivity contribution in [2.75, 3.05) is 6.61 Å². The third-order valence-electron chi connectivity index (χ3n) is 5.18. The highest BCUT2D eigenvalue weighted by molar-refractivity contribution is 5.62. The van der Waals surface area contributed by atoms with Crippen molar-refractivity contribution in [3.63, 3.8) is 0 Å². The molecule has 0 aliphatic heterocycles. The van der Waals surface area contributed by atoms with Crippen LogP contribution in [0, 0.1) is 11.8 Å². The van der Waals surface area contributed by atoms with Gasteiger partial charge in [-0.3, -0.25) is 0 Å². The third-order valence-corrected chi connectivity index (χ3v) is 5.18. The van der Waals surface area contributed by atoms with Crippen LogP contribution in [0.15, 0.2) is 30.3 Å². The largest absolute Gasteiger partial charge is 0.490 e. The van der Waals surface area contributed by atoms with Gasteiger partial charge in [-0.15, -0.1) is 0 Å². The Labute approximate surface area is 178 Å². The molecule has 0 atom stereocenters. The molecule has 0 aliphatic carbocycles. The molecule has 2 nitrogen and oxygen atoms in total. The maximum atomic E-state index is 6.57. The van der Waals surface area contributed by atoms with Gasteiger partial charge in [0.25, 0.3) is 0 Å². The van der Waals surface area contributed by atoms with E-state index in [1.54, 1.807) is 0 Å². The van der Waals surface area contributed by atoms with Crippen LogP contribution in [0.25, 0.3) is 0 Å². The fourth-order valence-corrected chi connectivity index (χ4v) is 4.20. The third kappa shape index (κ3) is 5.78. The second-order valence-electron chi connectivity index (χ2n) is 9.06. The normalized spacial score (nSPS) is 11.6. The van der Waals surface area contributed by atoms with Gasteiger partial charge < -0.3 is 9.47 Å². The molecule has 0 heterocycles. The van der Waals surface area contributed by atoms with Crippen molar-refractivity contribution < 1.29 is 9.47 Å². The molecule has 2 rings (SSSR count). The minimum atomic E-state index is 0.453. The second kappa shape index (κ2) is 10.7. The summed E-state index contributed by atoms with van der Waals surface area (Å²) in [6.07, 6.45) is 3.01. The highest BCUT2D eigenvalue weighted by atomic mass is 16.5. The summed E-state index contributed by atoms with van der Waals surface area (Å²) < 4.78 is 12.8. The van der Waals surface area contributed by atoms with E-state index in [0.29, 0.717) is 24.4 Å². The van der Waals surface area contributed by atoms with E-state index in [0.717, 1.165) is 36.5 Å². The number of rotatable bonds is 10. The van der Waals surface area contributed by atoms with E-state index in [-0.39, 0.29) is 0 Å². The van der Waals surface area contributed by atoms with Gasteiger partial charge in [0.1, 0.15) is 5.75 Å². The molecule has 0 amide bonds. The molecule has 2 aromatic carbocycles. The molecule has 2 aromatic rings. The molecule has 0 unspecified atom stereocenters. The standard InChI is InChI=1S/C27H40O2/c1-9-22-25(20(7)8)23(16-18(3)4)24(17-19(5)6)27(26(22)28-10-2)29-21-14-12-11-13-15-21/h11-15,18-20H,9-10,16-17H2,1-8H3. The lowest BCUT2D eigenvalue weighted by atomic mass is 9.81. The lowest BCUT2D eigenvalue weighted by Gasteiger charge is -2.29. The lowest BCUT2D eigenvalue weighted by Crippen LogP contribution is -2.14. The zero-order chi connectivity index (χ0) is 21.6. The van der Waals surface area contributed by atoms with Crippen molar-refractivity contribution in [3.8, 4) is 17.2 Å². The Balaban J connectivity index is 2.87. The average Bonchev–Trinajstić information content (AvgIpc) is 2.65. The molecule has 0 aromatic heterocycles. The molecule has 0 spiro atoms. The molecular weight excluding hydrogens is 356 g/mol. The highest BCUT2D eigenvalue weighted by Gasteiger charge is 2.27. The van der Waals surface area contributed by atoms with Crippen molar-refractivity contribution >= 4 is 0 Å². The molecule has 0 N–H and O–H groups in total. The summed E-state index contributed by atoms with van der Waals surface area (Å²) in [5, 5.41) is 0. The van der Waals surface area contributed by atoms with Crippen LogP contribution >= 0.6 is 0 Å². The summed E-state index contributed by atoms with van der Waals surface area (Å²) in [5.41, 5.74) is 5.61. The van der Waals surface area contributed by atoms with Crippen LogP contribution in [-0.4, -0.2) is 6.61 Å². The Bertz CT molecular complexity index is 773. The first-order chi connectivity index (χ1) is 13.8. The molecule has 2 heteroatoms. The lowest BCUT2D eigenvalue weighted by molar-refractivity contribution is 0.315. The van der Waals surface area contributed by atoms with E-state index >= 15 is 0 Å². The van der Waals surface area contributed by atoms with Gasteiger partial charge in [-0.25, -0.2) is 0 Å². The Kier molecular flexibility index (Phi) is 8.61. The minimum Gasteiger partial charge on any atom is -0.490 e. The second-order valence-corrected chi connectivity index (χ2v) is 9.06. The fraction of sp³-hybridized carbons (Fsp3) is 0.556. The van der Waals surface area contributed by atoms with Crippen LogP contribution in [0.4, 0.5) is 0 Å². The van der Waals surface area contributed by atoms with Gasteiger partial charge >= 0.3 is 0 Å². The molecule has 0 saturated heterocycles. The van der Waals surface area contributed by atoms with Gasteiger partial charge in [0.15, 0.2) is 11.5 Å². The van der Waals surface area contributed by atoms with Crippen molar-refractivity contribution in [3.05, 3.63) is 52.6 Å². The summed E-state index contributed by atoms with van der Waals surface area (Å²) in [4.78, 5) is 0. The van der Waals surface area contributed by atoms with Crippen molar-refractivity contribution in [2.45, 2.75) is 80.6 Å². The van der Waals surface area contributed by atoms with Gasteiger partial charge in [0.2, 0.25) is 0 Å². The van der Waals surface area contributed by atoms with E-state index in [2.05, 4.69) is 55.4 Å². The Hall–Kier alpha value is -1.96. The van der Waals surface area contributed by atoms with Crippen LogP contribution in [0.5, 0.6) is 17.2 Å². The molecule has 0 bridgehead atoms. The van der Waals surface area contributed by atoms with Gasteiger partial charge in [-0.1, -0.05) is 66.7 Å². The predicted octanol–water partition coefficient (Wildman–Crippen LogP) is 7.96. The average molecular weight is 397 g/mol. The van der Waals surface area contributed by atoms with Gasteiger partial charge in [0.05, 0.1) is 6.61 Å². The molecule has 29 heavy (non-hydrogen) atoms. The Morgan fingerprint density at radius 2 is 1.31 bits per heavy atom. The van der Waals surface area contributed by atoms with E-state index in [1.165, 1.54) is 22.3 Å². The van der Waals surface area contributed by atoms with Crippen LogP contribution in [0.1, 0.15) is 83.6 Å². The van der Waals surface area contributed by atoms with Crippen LogP contribution < -0.4 is 9.47 Å². The zero-order valence-corrected chi connectivity index (χ0v) is 19.8. The highest BCUT2D eigenvalue weighted by Crippen LogP contribution is 2.46. The fourth-order valence-electron chi connectivity index (χ4n) is 4.20. The minimum absolute atomic E-state index is 0.453. The van der Waals surface area contributed by atoms with Gasteiger partial charge in [-0.05, 0) is 67.2 Å². The van der Waals surface area contributed by atoms with Gasteiger partial charge in [0, 0.05) is 11.1 Å². The number of benzene rings is 2. The first-order valence-electron chi connectivity index (χ1n) is 11.4. The van der Waals surface area contributed by atoms with Crippen LogP contribution in [0.2, 0.25) is 0 Å². The number of hydrogen-bond donors (Lipinski definition) is 0. The van der Waals surface area contributed by atoms with Crippen LogP contribution in [0.3, 0.4) is 0 Å². The number of hydrogen-bond acceptors (Lipinski definition) is 2. The van der Waals surface area contributed by atoms with E-state index in [1.807, 2.05) is 30.3 Å². The van der Waals surface area contributed by atoms with E-state index in [9.17, 15) is 0 Å². The summed E-state index contributed by atoms with van der Waals surface area (Å²) in [6, 6.07) is 10.1. The van der Waals surface area contributed by atoms with E-state index < -0.39 is 0 Å². The maximum Gasteiger partial charge on any atom is 0.173 e. The summed E-state index contributed by atoms with van der Waals surface area (Å²) in [7, 11) is 0. The Morgan fingerprint density at radius 1 is 0.724 bits per heavy atom. The Morgan fingerprint density at radius 3 is 1.79 bits per heavy atom. The summed E-state index contributed by atoms with van der Waals surface area (Å²) in [6.45, 7) is 18.7. The topological polar surface area (TPSA) is 18.5 Å². The predicted molar refractivity (Wildman–Crippen MR) is 125 cm³/mol. The zero-order valence-electron chi connectivity index (χ0n) is 19.8. The number of ether oxygens (including phenoxy) is 2. The number of para-hydroxylation sites is 1.